The first-order chi connectivity index (χ1) is 14.0. The van der Waals surface area contributed by atoms with Crippen LogP contribution in [0, 0.1) is 17.7 Å². The largest absolute Gasteiger partial charge is 0.488 e. The van der Waals surface area contributed by atoms with Crippen LogP contribution in [0.1, 0.15) is 28.8 Å². The van der Waals surface area contributed by atoms with Crippen molar-refractivity contribution in [2.75, 3.05) is 20.2 Å². The fourth-order valence-electron chi connectivity index (χ4n) is 4.53. The molecule has 2 aliphatic rings. The van der Waals surface area contributed by atoms with Gasteiger partial charge in [-0.05, 0) is 54.5 Å². The number of likely N-dealkylation sites (tertiary alicyclic amines) is 1. The van der Waals surface area contributed by atoms with Crippen molar-refractivity contribution in [2.45, 2.75) is 31.6 Å². The summed E-state index contributed by atoms with van der Waals surface area (Å²) in [5.41, 5.74) is 1.28. The highest BCUT2D eigenvalue weighted by Gasteiger charge is 2.42. The quantitative estimate of drug-likeness (QED) is 0.778. The third-order valence-electron chi connectivity index (χ3n) is 5.87. The summed E-state index contributed by atoms with van der Waals surface area (Å²) >= 11 is 0. The molecule has 1 aromatic heterocycles. The van der Waals surface area contributed by atoms with Gasteiger partial charge >= 0.3 is 5.97 Å². The van der Waals surface area contributed by atoms with Crippen molar-refractivity contribution in [3.8, 4) is 5.75 Å². The minimum Gasteiger partial charge on any atom is -0.488 e. The Balaban J connectivity index is 1.38. The van der Waals surface area contributed by atoms with Crippen LogP contribution in [-0.2, 0) is 11.3 Å². The molecule has 0 bridgehead atoms. The van der Waals surface area contributed by atoms with E-state index in [2.05, 4.69) is 9.88 Å². The molecule has 1 saturated heterocycles. The number of aliphatic hydroxyl groups excluding tert-OH is 1. The molecule has 1 aliphatic carbocycles. The van der Waals surface area contributed by atoms with Crippen molar-refractivity contribution in [2.24, 2.45) is 11.8 Å². The van der Waals surface area contributed by atoms with E-state index in [-0.39, 0.29) is 11.9 Å². The Labute approximate surface area is 169 Å². The summed E-state index contributed by atoms with van der Waals surface area (Å²) in [5, 5.41) is 10.6. The number of hydrogen-bond donors (Lipinski definition) is 1. The van der Waals surface area contributed by atoms with Crippen molar-refractivity contribution >= 4 is 5.97 Å². The second kappa shape index (κ2) is 8.47. The summed E-state index contributed by atoms with van der Waals surface area (Å²) in [4.78, 5) is 17.9. The van der Waals surface area contributed by atoms with E-state index in [1.54, 1.807) is 30.5 Å². The molecule has 1 saturated carbocycles. The lowest BCUT2D eigenvalue weighted by atomic mass is 9.78. The maximum Gasteiger partial charge on any atom is 0.337 e. The lowest BCUT2D eigenvalue weighted by Crippen LogP contribution is -2.42. The first-order valence-corrected chi connectivity index (χ1v) is 9.86. The number of ether oxygens (including phenoxy) is 2. The highest BCUT2D eigenvalue weighted by Crippen LogP contribution is 2.38. The number of aliphatic hydroxyl groups is 1. The highest BCUT2D eigenvalue weighted by molar-refractivity contribution is 5.89. The number of halogens is 1. The molecule has 0 amide bonds. The lowest BCUT2D eigenvalue weighted by Gasteiger charge is -2.35. The number of benzene rings is 1. The summed E-state index contributed by atoms with van der Waals surface area (Å²) < 4.78 is 24.2. The Kier molecular flexibility index (Phi) is 5.78. The number of nitrogens with zero attached hydrogens (tertiary/aromatic N) is 2. The molecule has 7 heteroatoms. The maximum atomic E-state index is 13.4. The van der Waals surface area contributed by atoms with Gasteiger partial charge in [0.25, 0.3) is 0 Å². The molecule has 4 rings (SSSR count). The van der Waals surface area contributed by atoms with Crippen LogP contribution in [-0.4, -0.2) is 53.4 Å². The number of carbonyl (C=O) groups is 1. The van der Waals surface area contributed by atoms with Crippen LogP contribution in [0.3, 0.4) is 0 Å². The molecule has 1 aliphatic heterocycles. The summed E-state index contributed by atoms with van der Waals surface area (Å²) in [5.74, 6) is 0.618. The Bertz CT molecular complexity index is 877. The van der Waals surface area contributed by atoms with E-state index in [1.165, 1.54) is 19.4 Å². The molecule has 0 unspecified atom stereocenters. The number of rotatable bonds is 5. The van der Waals surface area contributed by atoms with Gasteiger partial charge in [0.1, 0.15) is 17.7 Å². The van der Waals surface area contributed by atoms with E-state index in [4.69, 9.17) is 9.47 Å². The molecule has 2 heterocycles. The van der Waals surface area contributed by atoms with Crippen LogP contribution in [0.2, 0.25) is 0 Å². The van der Waals surface area contributed by atoms with Gasteiger partial charge in [0.15, 0.2) is 0 Å². The van der Waals surface area contributed by atoms with E-state index in [0.717, 1.165) is 25.1 Å². The van der Waals surface area contributed by atoms with Crippen LogP contribution in [0.4, 0.5) is 4.39 Å². The summed E-state index contributed by atoms with van der Waals surface area (Å²) in [7, 11) is 1.34. The number of fused-ring (bicyclic) bond motifs is 1. The molecule has 154 valence electrons. The van der Waals surface area contributed by atoms with Gasteiger partial charge in [-0.2, -0.15) is 0 Å². The molecule has 2 fully saturated rings. The standard InChI is InChI=1S/C22H25FN2O4/c1-28-22(27)15-3-2-4-19(6-15)29-21-8-17-13-25(12-16(17)7-20(21)26)11-14-5-18(23)10-24-9-14/h2-6,9-10,16-17,20-21,26H,7-8,11-13H2,1H3/t16-,17+,20+,21+/m0/s1. The normalized spacial score (nSPS) is 26.7. The summed E-state index contributed by atoms with van der Waals surface area (Å²) in [6.07, 6.45) is 3.44. The average molecular weight is 400 g/mol. The van der Waals surface area contributed by atoms with Gasteiger partial charge in [-0.25, -0.2) is 9.18 Å². The smallest absolute Gasteiger partial charge is 0.337 e. The average Bonchev–Trinajstić information content (AvgIpc) is 3.08. The SMILES string of the molecule is COC(=O)c1cccc(O[C@@H]2C[C@@H]3CN(Cc4cncc(F)c4)C[C@@H]3C[C@H]2O)c1. The van der Waals surface area contributed by atoms with Crippen LogP contribution in [0.15, 0.2) is 42.7 Å². The van der Waals surface area contributed by atoms with Gasteiger partial charge in [-0.3, -0.25) is 9.88 Å². The van der Waals surface area contributed by atoms with E-state index >= 15 is 0 Å². The van der Waals surface area contributed by atoms with Crippen LogP contribution >= 0.6 is 0 Å². The van der Waals surface area contributed by atoms with Crippen molar-refractivity contribution < 1.29 is 23.8 Å². The van der Waals surface area contributed by atoms with E-state index in [9.17, 15) is 14.3 Å². The molecule has 0 spiro atoms. The van der Waals surface area contributed by atoms with E-state index in [1.807, 2.05) is 0 Å². The zero-order valence-electron chi connectivity index (χ0n) is 16.3. The second-order valence-corrected chi connectivity index (χ2v) is 7.94. The van der Waals surface area contributed by atoms with Crippen molar-refractivity contribution in [1.82, 2.24) is 9.88 Å². The first kappa shape index (κ1) is 19.8. The molecular weight excluding hydrogens is 375 g/mol. The molecule has 0 radical (unpaired) electrons. The lowest BCUT2D eigenvalue weighted by molar-refractivity contribution is -0.0231. The topological polar surface area (TPSA) is 71.9 Å². The van der Waals surface area contributed by atoms with Crippen LogP contribution in [0.5, 0.6) is 5.75 Å². The first-order valence-electron chi connectivity index (χ1n) is 9.86. The minimum absolute atomic E-state index is 0.320. The fraction of sp³-hybridized carbons (Fsp3) is 0.455. The fourth-order valence-corrected chi connectivity index (χ4v) is 4.53. The van der Waals surface area contributed by atoms with Crippen molar-refractivity contribution in [1.29, 1.82) is 0 Å². The number of pyridine rings is 1. The van der Waals surface area contributed by atoms with Gasteiger partial charge in [0.2, 0.25) is 0 Å². The zero-order valence-corrected chi connectivity index (χ0v) is 16.3. The second-order valence-electron chi connectivity index (χ2n) is 7.94. The maximum absolute atomic E-state index is 13.4. The monoisotopic (exact) mass is 400 g/mol. The van der Waals surface area contributed by atoms with Gasteiger partial charge in [0, 0.05) is 25.8 Å². The number of methoxy groups -OCH3 is 1. The predicted molar refractivity (Wildman–Crippen MR) is 104 cm³/mol. The highest BCUT2D eigenvalue weighted by atomic mass is 19.1. The molecule has 2 aromatic rings. The Morgan fingerprint density at radius 2 is 2.03 bits per heavy atom. The van der Waals surface area contributed by atoms with Crippen molar-refractivity contribution in [3.05, 3.63) is 59.7 Å². The Morgan fingerprint density at radius 1 is 1.24 bits per heavy atom. The molecule has 1 aromatic carbocycles. The molecular formula is C22H25FN2O4. The van der Waals surface area contributed by atoms with Crippen LogP contribution < -0.4 is 4.74 Å². The van der Waals surface area contributed by atoms with Gasteiger partial charge < -0.3 is 14.6 Å². The van der Waals surface area contributed by atoms with Crippen LogP contribution in [0.25, 0.3) is 0 Å². The molecule has 6 nitrogen and oxygen atoms in total. The summed E-state index contributed by atoms with van der Waals surface area (Å²) in [6, 6.07) is 8.35. The van der Waals surface area contributed by atoms with Gasteiger partial charge in [-0.1, -0.05) is 6.07 Å². The number of esters is 1. The van der Waals surface area contributed by atoms with Gasteiger partial charge in [-0.15, -0.1) is 0 Å². The van der Waals surface area contributed by atoms with Crippen molar-refractivity contribution in [3.63, 3.8) is 0 Å². The minimum atomic E-state index is -0.561. The molecule has 29 heavy (non-hydrogen) atoms. The zero-order chi connectivity index (χ0) is 20.4. The number of carbonyl (C=O) groups excluding carboxylic acids is 1. The molecule has 4 atom stereocenters. The summed E-state index contributed by atoms with van der Waals surface area (Å²) in [6.45, 7) is 2.42. The third kappa shape index (κ3) is 4.57. The Morgan fingerprint density at radius 3 is 2.79 bits per heavy atom. The van der Waals surface area contributed by atoms with E-state index < -0.39 is 12.1 Å². The number of aromatic nitrogens is 1. The molecule has 1 N–H and O–H groups in total. The number of hydrogen-bond acceptors (Lipinski definition) is 6. The van der Waals surface area contributed by atoms with E-state index in [0.29, 0.717) is 36.1 Å². The Hall–Kier alpha value is -2.51. The predicted octanol–water partition coefficient (Wildman–Crippen LogP) is 2.66. The van der Waals surface area contributed by atoms with Gasteiger partial charge in [0.05, 0.1) is 25.0 Å². The third-order valence-corrected chi connectivity index (χ3v) is 5.87.